The fourth-order valence-corrected chi connectivity index (χ4v) is 3.28. The Balaban J connectivity index is 1.93. The van der Waals surface area contributed by atoms with Gasteiger partial charge in [0.05, 0.1) is 23.1 Å². The highest BCUT2D eigenvalue weighted by Gasteiger charge is 2.17. The molecule has 0 bridgehead atoms. The summed E-state index contributed by atoms with van der Waals surface area (Å²) in [4.78, 5) is 38.9. The molecule has 0 aliphatic heterocycles. The summed E-state index contributed by atoms with van der Waals surface area (Å²) in [7, 11) is 0. The molecule has 1 aromatic heterocycles. The maximum Gasteiger partial charge on any atom is 0.336 e. The first-order chi connectivity index (χ1) is 13.6. The summed E-state index contributed by atoms with van der Waals surface area (Å²) in [5, 5.41) is 0.895. The highest BCUT2D eigenvalue weighted by Crippen LogP contribution is 2.13. The van der Waals surface area contributed by atoms with Crippen LogP contribution in [0.15, 0.2) is 88.5 Å². The van der Waals surface area contributed by atoms with Crippen LogP contribution in [0.25, 0.3) is 16.6 Å². The molecule has 1 heterocycles. The van der Waals surface area contributed by atoms with Crippen LogP contribution in [0.1, 0.15) is 10.4 Å². The second kappa shape index (κ2) is 7.29. The van der Waals surface area contributed by atoms with Crippen LogP contribution < -0.4 is 11.2 Å². The number of nitrogens with zero attached hydrogens (tertiary/aromatic N) is 2. The number of halogens is 1. The van der Waals surface area contributed by atoms with E-state index in [1.165, 1.54) is 4.57 Å². The molecular weight excluding hydrogens is 376 g/mol. The predicted octanol–water partition coefficient (Wildman–Crippen LogP) is 3.69. The molecule has 3 aromatic carbocycles. The number of aromatic nitrogens is 2. The molecule has 0 spiro atoms. The lowest BCUT2D eigenvalue weighted by Gasteiger charge is -2.13. The number of benzene rings is 3. The molecule has 138 valence electrons. The molecule has 4 aromatic rings. The number of fused-ring (bicyclic) bond motifs is 1. The molecule has 4 rings (SSSR count). The van der Waals surface area contributed by atoms with Gasteiger partial charge >= 0.3 is 5.69 Å². The molecule has 0 fully saturated rings. The molecule has 0 amide bonds. The third kappa shape index (κ3) is 3.17. The summed E-state index contributed by atoms with van der Waals surface area (Å²) < 4.78 is 2.43. The molecule has 0 saturated carbocycles. The van der Waals surface area contributed by atoms with Crippen molar-refractivity contribution in [1.82, 2.24) is 9.13 Å². The van der Waals surface area contributed by atoms with Gasteiger partial charge in [-0.25, -0.2) is 9.36 Å². The number of para-hydroxylation sites is 2. The van der Waals surface area contributed by atoms with Crippen molar-refractivity contribution in [1.29, 1.82) is 0 Å². The van der Waals surface area contributed by atoms with Gasteiger partial charge in [0.25, 0.3) is 5.56 Å². The fourth-order valence-electron chi connectivity index (χ4n) is 3.15. The number of carbonyl (C=O) groups is 1. The van der Waals surface area contributed by atoms with Crippen LogP contribution in [0.4, 0.5) is 0 Å². The minimum Gasteiger partial charge on any atom is -0.292 e. The number of rotatable bonds is 4. The summed E-state index contributed by atoms with van der Waals surface area (Å²) in [5.74, 6) is -0.248. The molecular formula is C22H15ClN2O3. The van der Waals surface area contributed by atoms with Gasteiger partial charge < -0.3 is 0 Å². The standard InChI is InChI=1S/C22H15ClN2O3/c23-16-12-10-15(11-13-16)20(26)14-24-19-9-5-4-8-18(19)21(27)25(22(24)28)17-6-2-1-3-7-17/h1-13H,14H2. The topological polar surface area (TPSA) is 61.1 Å². The summed E-state index contributed by atoms with van der Waals surface area (Å²) in [5.41, 5.74) is 0.347. The van der Waals surface area contributed by atoms with Crippen LogP contribution in [0.3, 0.4) is 0 Å². The lowest BCUT2D eigenvalue weighted by molar-refractivity contribution is 0.0971. The lowest BCUT2D eigenvalue weighted by Crippen LogP contribution is -2.40. The van der Waals surface area contributed by atoms with Crippen molar-refractivity contribution < 1.29 is 4.79 Å². The number of hydrogen-bond donors (Lipinski definition) is 0. The van der Waals surface area contributed by atoms with Gasteiger partial charge in [0.1, 0.15) is 0 Å². The van der Waals surface area contributed by atoms with E-state index in [2.05, 4.69) is 0 Å². The van der Waals surface area contributed by atoms with Crippen molar-refractivity contribution in [2.45, 2.75) is 6.54 Å². The SMILES string of the molecule is O=C(Cn1c(=O)n(-c2ccccc2)c(=O)c2ccccc21)c1ccc(Cl)cc1. The van der Waals surface area contributed by atoms with E-state index in [0.717, 1.165) is 4.57 Å². The van der Waals surface area contributed by atoms with E-state index in [1.54, 1.807) is 78.9 Å². The second-order valence-electron chi connectivity index (χ2n) is 6.29. The monoisotopic (exact) mass is 390 g/mol. The van der Waals surface area contributed by atoms with Crippen LogP contribution in [-0.2, 0) is 6.54 Å². The van der Waals surface area contributed by atoms with E-state index < -0.39 is 11.2 Å². The zero-order valence-electron chi connectivity index (χ0n) is 14.7. The van der Waals surface area contributed by atoms with Crippen LogP contribution in [0.5, 0.6) is 0 Å². The van der Waals surface area contributed by atoms with Crippen LogP contribution >= 0.6 is 11.6 Å². The van der Waals surface area contributed by atoms with Gasteiger partial charge in [0.15, 0.2) is 5.78 Å². The summed E-state index contributed by atoms with van der Waals surface area (Å²) in [6, 6.07) is 21.9. The highest BCUT2D eigenvalue weighted by molar-refractivity contribution is 6.30. The average Bonchev–Trinajstić information content (AvgIpc) is 2.72. The van der Waals surface area contributed by atoms with Crippen LogP contribution in [0.2, 0.25) is 5.02 Å². The molecule has 0 N–H and O–H groups in total. The number of ketones is 1. The molecule has 6 heteroatoms. The Bertz CT molecular complexity index is 1290. The van der Waals surface area contributed by atoms with Crippen LogP contribution in [0, 0.1) is 0 Å². The Kier molecular flexibility index (Phi) is 4.67. The molecule has 0 radical (unpaired) electrons. The number of Topliss-reactive ketones (excluding diaryl/α,β-unsaturated/α-hetero) is 1. The zero-order chi connectivity index (χ0) is 19.7. The van der Waals surface area contributed by atoms with E-state index in [0.29, 0.717) is 27.2 Å². The third-order valence-electron chi connectivity index (χ3n) is 4.53. The maximum absolute atomic E-state index is 13.2. The minimum absolute atomic E-state index is 0.186. The van der Waals surface area contributed by atoms with E-state index in [4.69, 9.17) is 11.6 Å². The summed E-state index contributed by atoms with van der Waals surface area (Å²) in [6.45, 7) is -0.186. The van der Waals surface area contributed by atoms with E-state index >= 15 is 0 Å². The lowest BCUT2D eigenvalue weighted by atomic mass is 10.1. The largest absolute Gasteiger partial charge is 0.336 e. The molecule has 0 atom stereocenters. The quantitative estimate of drug-likeness (QED) is 0.499. The zero-order valence-corrected chi connectivity index (χ0v) is 15.5. The molecule has 0 saturated heterocycles. The van der Waals surface area contributed by atoms with Gasteiger partial charge in [-0.3, -0.25) is 14.2 Å². The highest BCUT2D eigenvalue weighted by atomic mass is 35.5. The first-order valence-corrected chi connectivity index (χ1v) is 9.03. The maximum atomic E-state index is 13.2. The Morgan fingerprint density at radius 3 is 2.18 bits per heavy atom. The first-order valence-electron chi connectivity index (χ1n) is 8.65. The molecule has 5 nitrogen and oxygen atoms in total. The smallest absolute Gasteiger partial charge is 0.292 e. The van der Waals surface area contributed by atoms with Crippen molar-refractivity contribution in [3.05, 3.63) is 110 Å². The first kappa shape index (κ1) is 17.9. The number of carbonyl (C=O) groups excluding carboxylic acids is 1. The van der Waals surface area contributed by atoms with Gasteiger partial charge in [0.2, 0.25) is 0 Å². The van der Waals surface area contributed by atoms with Gasteiger partial charge in [-0.2, -0.15) is 0 Å². The normalized spacial score (nSPS) is 10.9. The van der Waals surface area contributed by atoms with Gasteiger partial charge in [-0.1, -0.05) is 41.9 Å². The second-order valence-corrected chi connectivity index (χ2v) is 6.73. The molecule has 0 unspecified atom stereocenters. The third-order valence-corrected chi connectivity index (χ3v) is 4.78. The minimum atomic E-state index is -0.558. The molecule has 0 aliphatic rings. The van der Waals surface area contributed by atoms with Crippen molar-refractivity contribution in [3.8, 4) is 5.69 Å². The van der Waals surface area contributed by atoms with Crippen molar-refractivity contribution in [3.63, 3.8) is 0 Å². The fraction of sp³-hybridized carbons (Fsp3) is 0.0455. The Labute approximate surface area is 165 Å². The average molecular weight is 391 g/mol. The Hall–Kier alpha value is -3.44. The Morgan fingerprint density at radius 1 is 0.821 bits per heavy atom. The van der Waals surface area contributed by atoms with E-state index in [-0.39, 0.29) is 12.3 Å². The van der Waals surface area contributed by atoms with Crippen LogP contribution in [-0.4, -0.2) is 14.9 Å². The molecule has 28 heavy (non-hydrogen) atoms. The summed E-state index contributed by atoms with van der Waals surface area (Å²) >= 11 is 5.88. The van der Waals surface area contributed by atoms with Crippen molar-refractivity contribution in [2.75, 3.05) is 0 Å². The van der Waals surface area contributed by atoms with Gasteiger partial charge in [0, 0.05) is 10.6 Å². The van der Waals surface area contributed by atoms with Crippen molar-refractivity contribution in [2.24, 2.45) is 0 Å². The predicted molar refractivity (Wildman–Crippen MR) is 110 cm³/mol. The van der Waals surface area contributed by atoms with E-state index in [9.17, 15) is 14.4 Å². The summed E-state index contributed by atoms with van der Waals surface area (Å²) in [6.07, 6.45) is 0. The van der Waals surface area contributed by atoms with Gasteiger partial charge in [-0.15, -0.1) is 0 Å². The van der Waals surface area contributed by atoms with E-state index in [1.807, 2.05) is 0 Å². The molecule has 0 aliphatic carbocycles. The Morgan fingerprint density at radius 2 is 1.46 bits per heavy atom. The number of hydrogen-bond acceptors (Lipinski definition) is 3. The van der Waals surface area contributed by atoms with Crippen molar-refractivity contribution >= 4 is 28.3 Å². The van der Waals surface area contributed by atoms with Gasteiger partial charge in [-0.05, 0) is 48.5 Å².